The van der Waals surface area contributed by atoms with E-state index in [1.165, 1.54) is 23.0 Å². The molecule has 0 spiro atoms. The summed E-state index contributed by atoms with van der Waals surface area (Å²) in [6.07, 6.45) is 3.29. The highest BCUT2D eigenvalue weighted by Crippen LogP contribution is 2.18. The maximum atomic E-state index is 13.1. The van der Waals surface area contributed by atoms with E-state index in [-0.39, 0.29) is 23.9 Å². The lowest BCUT2D eigenvalue weighted by molar-refractivity contribution is -0.121. The van der Waals surface area contributed by atoms with Crippen molar-refractivity contribution in [2.75, 3.05) is 0 Å². The number of halogens is 1. The summed E-state index contributed by atoms with van der Waals surface area (Å²) in [6.45, 7) is -0.0885. The Morgan fingerprint density at radius 3 is 3.00 bits per heavy atom. The van der Waals surface area contributed by atoms with Crippen LogP contribution in [-0.2, 0) is 11.3 Å². The topological polar surface area (TPSA) is 64.0 Å². The summed E-state index contributed by atoms with van der Waals surface area (Å²) in [5.41, 5.74) is 0.0145. The second-order valence-electron chi connectivity index (χ2n) is 4.68. The molecule has 1 amide bonds. The smallest absolute Gasteiger partial charge is 0.261 e. The van der Waals surface area contributed by atoms with E-state index in [1.54, 1.807) is 0 Å². The molecule has 1 fully saturated rings. The number of hydrogen-bond donors (Lipinski definition) is 1. The molecular formula is C13H12FN3O2. The standard InChI is InChI=1S/C13H12FN3O2/c14-8-1-4-11-10(5-8)13(19)17(7-15-11)6-12(18)16-9-2-3-9/h1,4-5,7,9H,2-3,6H2,(H,16,18). The first-order chi connectivity index (χ1) is 9.13. The zero-order valence-electron chi connectivity index (χ0n) is 10.1. The fraction of sp³-hybridized carbons (Fsp3) is 0.308. The summed E-state index contributed by atoms with van der Waals surface area (Å²) in [5, 5.41) is 2.97. The van der Waals surface area contributed by atoms with Crippen LogP contribution in [0.4, 0.5) is 4.39 Å². The minimum absolute atomic E-state index is 0.0885. The Kier molecular flexibility index (Phi) is 2.77. The number of hydrogen-bond acceptors (Lipinski definition) is 3. The summed E-state index contributed by atoms with van der Waals surface area (Å²) in [4.78, 5) is 27.8. The molecule has 6 heteroatoms. The van der Waals surface area contributed by atoms with Gasteiger partial charge < -0.3 is 5.32 Å². The molecule has 1 heterocycles. The molecule has 19 heavy (non-hydrogen) atoms. The van der Waals surface area contributed by atoms with E-state index in [4.69, 9.17) is 0 Å². The highest BCUT2D eigenvalue weighted by atomic mass is 19.1. The summed E-state index contributed by atoms with van der Waals surface area (Å²) in [7, 11) is 0. The quantitative estimate of drug-likeness (QED) is 0.889. The number of fused-ring (bicyclic) bond motifs is 1. The highest BCUT2D eigenvalue weighted by molar-refractivity contribution is 5.79. The molecule has 0 unspecified atom stereocenters. The van der Waals surface area contributed by atoms with Crippen LogP contribution in [0, 0.1) is 5.82 Å². The molecule has 0 bridgehead atoms. The van der Waals surface area contributed by atoms with Crippen molar-refractivity contribution in [2.45, 2.75) is 25.4 Å². The Morgan fingerprint density at radius 1 is 1.47 bits per heavy atom. The lowest BCUT2D eigenvalue weighted by atomic mass is 10.2. The van der Waals surface area contributed by atoms with Gasteiger partial charge in [0.2, 0.25) is 5.91 Å². The lowest BCUT2D eigenvalue weighted by Crippen LogP contribution is -2.33. The summed E-state index contributed by atoms with van der Waals surface area (Å²) in [6, 6.07) is 4.08. The number of nitrogens with zero attached hydrogens (tertiary/aromatic N) is 2. The number of benzene rings is 1. The maximum Gasteiger partial charge on any atom is 0.261 e. The molecule has 5 nitrogen and oxygen atoms in total. The van der Waals surface area contributed by atoms with Gasteiger partial charge in [-0.05, 0) is 31.0 Å². The van der Waals surface area contributed by atoms with E-state index in [1.807, 2.05) is 0 Å². The average Bonchev–Trinajstić information content (AvgIpc) is 3.17. The van der Waals surface area contributed by atoms with Gasteiger partial charge in [0.05, 0.1) is 17.2 Å². The van der Waals surface area contributed by atoms with Gasteiger partial charge in [-0.2, -0.15) is 0 Å². The Hall–Kier alpha value is -2.24. The van der Waals surface area contributed by atoms with Gasteiger partial charge in [0.25, 0.3) is 5.56 Å². The number of carbonyl (C=O) groups excluding carboxylic acids is 1. The van der Waals surface area contributed by atoms with Crippen LogP contribution in [0.2, 0.25) is 0 Å². The van der Waals surface area contributed by atoms with Crippen molar-refractivity contribution in [3.05, 3.63) is 40.7 Å². The van der Waals surface area contributed by atoms with Crippen molar-refractivity contribution in [2.24, 2.45) is 0 Å². The molecule has 1 aromatic carbocycles. The van der Waals surface area contributed by atoms with Crippen LogP contribution in [-0.4, -0.2) is 21.5 Å². The third-order valence-electron chi connectivity index (χ3n) is 3.04. The van der Waals surface area contributed by atoms with Gasteiger partial charge in [0.1, 0.15) is 12.4 Å². The zero-order valence-corrected chi connectivity index (χ0v) is 10.1. The maximum absolute atomic E-state index is 13.1. The second kappa shape index (κ2) is 4.46. The Balaban J connectivity index is 1.92. The van der Waals surface area contributed by atoms with Crippen molar-refractivity contribution >= 4 is 16.8 Å². The Morgan fingerprint density at radius 2 is 2.26 bits per heavy atom. The van der Waals surface area contributed by atoms with E-state index >= 15 is 0 Å². The van der Waals surface area contributed by atoms with Crippen LogP contribution in [0.15, 0.2) is 29.3 Å². The van der Waals surface area contributed by atoms with E-state index in [9.17, 15) is 14.0 Å². The summed E-state index contributed by atoms with van der Waals surface area (Å²) < 4.78 is 14.3. The Labute approximate surface area is 108 Å². The lowest BCUT2D eigenvalue weighted by Gasteiger charge is -2.07. The van der Waals surface area contributed by atoms with Crippen LogP contribution >= 0.6 is 0 Å². The van der Waals surface area contributed by atoms with Crippen LogP contribution in [0.1, 0.15) is 12.8 Å². The highest BCUT2D eigenvalue weighted by Gasteiger charge is 2.23. The van der Waals surface area contributed by atoms with Crippen molar-refractivity contribution in [1.29, 1.82) is 0 Å². The average molecular weight is 261 g/mol. The molecular weight excluding hydrogens is 249 g/mol. The third kappa shape index (κ3) is 2.47. The van der Waals surface area contributed by atoms with Gasteiger partial charge in [-0.25, -0.2) is 9.37 Å². The van der Waals surface area contributed by atoms with Gasteiger partial charge >= 0.3 is 0 Å². The normalized spacial score (nSPS) is 14.6. The minimum atomic E-state index is -0.494. The number of amides is 1. The number of rotatable bonds is 3. The van der Waals surface area contributed by atoms with Gasteiger partial charge in [-0.15, -0.1) is 0 Å². The fourth-order valence-corrected chi connectivity index (χ4v) is 1.90. The fourth-order valence-electron chi connectivity index (χ4n) is 1.90. The molecule has 1 aromatic heterocycles. The molecule has 2 aromatic rings. The van der Waals surface area contributed by atoms with Crippen LogP contribution < -0.4 is 10.9 Å². The van der Waals surface area contributed by atoms with Crippen molar-refractivity contribution in [1.82, 2.24) is 14.9 Å². The largest absolute Gasteiger partial charge is 0.352 e. The predicted octanol–water partition coefficient (Wildman–Crippen LogP) is 0.814. The van der Waals surface area contributed by atoms with E-state index in [0.717, 1.165) is 18.9 Å². The molecule has 1 saturated carbocycles. The monoisotopic (exact) mass is 261 g/mol. The van der Waals surface area contributed by atoms with Crippen molar-refractivity contribution in [3.63, 3.8) is 0 Å². The van der Waals surface area contributed by atoms with E-state index in [2.05, 4.69) is 10.3 Å². The molecule has 3 rings (SSSR count). The zero-order chi connectivity index (χ0) is 13.4. The van der Waals surface area contributed by atoms with Gasteiger partial charge in [-0.1, -0.05) is 0 Å². The number of nitrogens with one attached hydrogen (secondary N) is 1. The first-order valence-corrected chi connectivity index (χ1v) is 6.07. The third-order valence-corrected chi connectivity index (χ3v) is 3.04. The van der Waals surface area contributed by atoms with Crippen LogP contribution in [0.25, 0.3) is 10.9 Å². The molecule has 98 valence electrons. The molecule has 1 N–H and O–H groups in total. The molecule has 0 atom stereocenters. The first-order valence-electron chi connectivity index (χ1n) is 6.07. The Bertz CT molecular complexity index is 707. The van der Waals surface area contributed by atoms with Crippen molar-refractivity contribution in [3.8, 4) is 0 Å². The minimum Gasteiger partial charge on any atom is -0.352 e. The second-order valence-corrected chi connectivity index (χ2v) is 4.68. The van der Waals surface area contributed by atoms with Gasteiger partial charge in [0.15, 0.2) is 0 Å². The molecule has 1 aliphatic rings. The molecule has 0 saturated heterocycles. The van der Waals surface area contributed by atoms with Gasteiger partial charge in [-0.3, -0.25) is 14.2 Å². The first kappa shape index (κ1) is 11.8. The molecule has 1 aliphatic carbocycles. The van der Waals surface area contributed by atoms with E-state index in [0.29, 0.717) is 5.52 Å². The number of aromatic nitrogens is 2. The van der Waals surface area contributed by atoms with Gasteiger partial charge in [0, 0.05) is 6.04 Å². The summed E-state index contributed by atoms with van der Waals surface area (Å²) in [5.74, 6) is -0.714. The van der Waals surface area contributed by atoms with Crippen LogP contribution in [0.3, 0.4) is 0 Å². The van der Waals surface area contributed by atoms with Crippen LogP contribution in [0.5, 0.6) is 0 Å². The predicted molar refractivity (Wildman–Crippen MR) is 67.1 cm³/mol. The summed E-state index contributed by atoms with van der Waals surface area (Å²) >= 11 is 0. The van der Waals surface area contributed by atoms with Crippen molar-refractivity contribution < 1.29 is 9.18 Å². The molecule has 0 aliphatic heterocycles. The SMILES string of the molecule is O=C(Cn1cnc2ccc(F)cc2c1=O)NC1CC1. The number of carbonyl (C=O) groups is 1. The molecule has 0 radical (unpaired) electrons. The van der Waals surface area contributed by atoms with E-state index < -0.39 is 11.4 Å².